The van der Waals surface area contributed by atoms with Gasteiger partial charge in [-0.3, -0.25) is 0 Å². The number of rotatable bonds is 2. The highest BCUT2D eigenvalue weighted by molar-refractivity contribution is 5.40. The predicted octanol–water partition coefficient (Wildman–Crippen LogP) is 1.19. The van der Waals surface area contributed by atoms with Crippen LogP contribution >= 0.6 is 0 Å². The molecule has 0 N–H and O–H groups in total. The molecule has 3 heterocycles. The predicted molar refractivity (Wildman–Crippen MR) is 73.2 cm³/mol. The van der Waals surface area contributed by atoms with Crippen molar-refractivity contribution in [2.45, 2.75) is 70.0 Å². The van der Waals surface area contributed by atoms with Gasteiger partial charge in [0.2, 0.25) is 0 Å². The van der Waals surface area contributed by atoms with Gasteiger partial charge in [-0.05, 0) is 27.7 Å². The maximum absolute atomic E-state index is 6.00. The van der Waals surface area contributed by atoms with E-state index in [9.17, 15) is 0 Å². The fourth-order valence-electron chi connectivity index (χ4n) is 3.07. The number of ether oxygens (including phenoxy) is 5. The molecule has 3 rings (SSSR count). The summed E-state index contributed by atoms with van der Waals surface area (Å²) in [5.41, 5.74) is 0. The van der Waals surface area contributed by atoms with Gasteiger partial charge >= 0.3 is 0 Å². The van der Waals surface area contributed by atoms with Crippen LogP contribution in [0.15, 0.2) is 9.98 Å². The first-order chi connectivity index (χ1) is 9.81. The fraction of sp³-hybridized carbons (Fsp3) is 0.929. The lowest BCUT2D eigenvalue weighted by Gasteiger charge is -2.43. The Morgan fingerprint density at radius 2 is 1.57 bits per heavy atom. The second-order valence-electron chi connectivity index (χ2n) is 6.37. The Morgan fingerprint density at radius 3 is 2.29 bits per heavy atom. The molecule has 0 aromatic carbocycles. The highest BCUT2D eigenvalue weighted by Crippen LogP contribution is 2.44. The van der Waals surface area contributed by atoms with Crippen molar-refractivity contribution in [3.05, 3.63) is 0 Å². The number of nitrogens with zero attached hydrogens (tertiary/aromatic N) is 2. The third-order valence-corrected chi connectivity index (χ3v) is 3.69. The smallest absolute Gasteiger partial charge is 0.190 e. The molecule has 0 aromatic rings. The summed E-state index contributed by atoms with van der Waals surface area (Å²) in [4.78, 5) is 7.83. The average Bonchev–Trinajstić information content (AvgIpc) is 2.82. The Morgan fingerprint density at radius 1 is 0.905 bits per heavy atom. The van der Waals surface area contributed by atoms with Crippen LogP contribution in [-0.4, -0.2) is 61.9 Å². The van der Waals surface area contributed by atoms with E-state index in [1.54, 1.807) is 7.05 Å². The van der Waals surface area contributed by atoms with Crippen molar-refractivity contribution in [2.24, 2.45) is 9.98 Å². The Hall–Kier alpha value is -0.820. The first-order valence-corrected chi connectivity index (χ1v) is 7.18. The molecule has 0 amide bonds. The first-order valence-electron chi connectivity index (χ1n) is 7.18. The van der Waals surface area contributed by atoms with Crippen LogP contribution in [0.5, 0.6) is 0 Å². The van der Waals surface area contributed by atoms with E-state index >= 15 is 0 Å². The molecule has 3 aliphatic rings. The van der Waals surface area contributed by atoms with Crippen LogP contribution in [0.2, 0.25) is 0 Å². The highest BCUT2D eigenvalue weighted by atomic mass is 16.9. The Bertz CT molecular complexity index is 472. The topological polar surface area (TPSA) is 70.9 Å². The van der Waals surface area contributed by atoms with Crippen LogP contribution in [0.25, 0.3) is 0 Å². The van der Waals surface area contributed by atoms with Crippen molar-refractivity contribution in [3.63, 3.8) is 0 Å². The molecule has 7 heteroatoms. The number of hydrogen-bond donors (Lipinski definition) is 0. The molecule has 0 spiro atoms. The second kappa shape index (κ2) is 5.12. The van der Waals surface area contributed by atoms with Gasteiger partial charge in [0.1, 0.15) is 24.4 Å². The van der Waals surface area contributed by atoms with Gasteiger partial charge < -0.3 is 23.7 Å². The van der Waals surface area contributed by atoms with Crippen LogP contribution in [0.4, 0.5) is 0 Å². The summed E-state index contributed by atoms with van der Waals surface area (Å²) >= 11 is 0. The second-order valence-corrected chi connectivity index (χ2v) is 6.37. The van der Waals surface area contributed by atoms with Crippen molar-refractivity contribution < 1.29 is 23.7 Å². The number of fused-ring (bicyclic) bond motifs is 3. The molecule has 7 nitrogen and oxygen atoms in total. The monoisotopic (exact) mass is 298 g/mol. The van der Waals surface area contributed by atoms with Gasteiger partial charge in [0.15, 0.2) is 17.9 Å². The summed E-state index contributed by atoms with van der Waals surface area (Å²) in [7, 11) is 1.63. The summed E-state index contributed by atoms with van der Waals surface area (Å²) in [5.74, 6) is -1.38. The van der Waals surface area contributed by atoms with E-state index in [2.05, 4.69) is 16.0 Å². The summed E-state index contributed by atoms with van der Waals surface area (Å²) in [6, 6.07) is 2.58. The minimum atomic E-state index is -0.723. The van der Waals surface area contributed by atoms with Gasteiger partial charge in [0, 0.05) is 7.05 Å². The lowest BCUT2D eigenvalue weighted by molar-refractivity contribution is -0.341. The molecular weight excluding hydrogens is 276 g/mol. The zero-order valence-corrected chi connectivity index (χ0v) is 13.0. The molecule has 0 bridgehead atoms. The maximum atomic E-state index is 6.00. The van der Waals surface area contributed by atoms with Gasteiger partial charge in [-0.1, -0.05) is 0 Å². The molecule has 0 aromatic heterocycles. The van der Waals surface area contributed by atoms with E-state index in [1.165, 1.54) is 0 Å². The summed E-state index contributed by atoms with van der Waals surface area (Å²) in [6.07, 6.45) is -1.43. The lowest BCUT2D eigenvalue weighted by atomic mass is 10.0. The zero-order valence-electron chi connectivity index (χ0n) is 13.0. The largest absolute Gasteiger partial charge is 0.342 e. The molecule has 3 aliphatic heterocycles. The minimum absolute atomic E-state index is 0.237. The molecule has 21 heavy (non-hydrogen) atoms. The Balaban J connectivity index is 1.79. The van der Waals surface area contributed by atoms with Crippen LogP contribution < -0.4 is 0 Å². The van der Waals surface area contributed by atoms with E-state index in [0.29, 0.717) is 6.54 Å². The van der Waals surface area contributed by atoms with Crippen molar-refractivity contribution in [3.8, 4) is 0 Å². The minimum Gasteiger partial charge on any atom is -0.342 e. The summed E-state index contributed by atoms with van der Waals surface area (Å²) in [5, 5.41) is 0. The van der Waals surface area contributed by atoms with E-state index in [-0.39, 0.29) is 24.4 Å². The van der Waals surface area contributed by atoms with Gasteiger partial charge in [0.25, 0.3) is 0 Å². The molecule has 0 unspecified atom stereocenters. The molecule has 0 radical (unpaired) electrons. The van der Waals surface area contributed by atoms with E-state index in [0.717, 1.165) is 0 Å². The van der Waals surface area contributed by atoms with Gasteiger partial charge in [-0.25, -0.2) is 9.98 Å². The van der Waals surface area contributed by atoms with E-state index in [1.807, 2.05) is 27.7 Å². The number of aliphatic imine (C=N–C) groups is 2. The molecule has 0 aliphatic carbocycles. The lowest BCUT2D eigenvalue weighted by Crippen LogP contribution is -2.56. The highest BCUT2D eigenvalue weighted by Gasteiger charge is 2.61. The van der Waals surface area contributed by atoms with Crippen LogP contribution in [0.1, 0.15) is 27.7 Å². The van der Waals surface area contributed by atoms with Crippen LogP contribution in [0.3, 0.4) is 0 Å². The quantitative estimate of drug-likeness (QED) is 0.716. The SMILES string of the molecule is CN=C=NC[C@H]1OC(C)(C)O[C@@H]2[C@H]3OC(C)(C)O[C@H]3O[C@@H]21. The van der Waals surface area contributed by atoms with E-state index in [4.69, 9.17) is 23.7 Å². The van der Waals surface area contributed by atoms with Gasteiger partial charge in [-0.15, -0.1) is 0 Å². The molecular formula is C14H22N2O5. The standard InChI is InChI=1S/C14H22N2O5/c1-13(2)18-8(6-16-7-15-5)9-10(19-13)11-12(17-9)21-14(3,4)20-11/h8-12H,6H2,1-5H3/t8-,9-,10+,11-,12-/m1/s1. The zero-order chi connectivity index (χ0) is 15.3. The Kier molecular flexibility index (Phi) is 3.68. The fourth-order valence-corrected chi connectivity index (χ4v) is 3.07. The molecule has 5 atom stereocenters. The molecule has 3 saturated heterocycles. The average molecular weight is 298 g/mol. The molecule has 3 fully saturated rings. The van der Waals surface area contributed by atoms with Gasteiger partial charge in [0.05, 0.1) is 12.6 Å². The maximum Gasteiger partial charge on any atom is 0.190 e. The third kappa shape index (κ3) is 2.90. The van der Waals surface area contributed by atoms with Crippen LogP contribution in [-0.2, 0) is 23.7 Å². The third-order valence-electron chi connectivity index (χ3n) is 3.69. The van der Waals surface area contributed by atoms with Gasteiger partial charge in [-0.2, -0.15) is 0 Å². The van der Waals surface area contributed by atoms with Crippen LogP contribution in [0, 0.1) is 0 Å². The van der Waals surface area contributed by atoms with Crippen molar-refractivity contribution in [1.82, 2.24) is 0 Å². The number of hydrogen-bond acceptors (Lipinski definition) is 7. The first kappa shape index (κ1) is 15.1. The molecule has 0 saturated carbocycles. The van der Waals surface area contributed by atoms with E-state index < -0.39 is 17.9 Å². The van der Waals surface area contributed by atoms with Crippen molar-refractivity contribution >= 4 is 6.01 Å². The molecule has 118 valence electrons. The normalized spacial score (nSPS) is 42.8. The van der Waals surface area contributed by atoms with Crippen molar-refractivity contribution in [2.75, 3.05) is 13.6 Å². The Labute approximate surface area is 124 Å². The van der Waals surface area contributed by atoms with Crippen molar-refractivity contribution in [1.29, 1.82) is 0 Å². The summed E-state index contributed by atoms with van der Waals surface area (Å²) < 4.78 is 29.5. The summed E-state index contributed by atoms with van der Waals surface area (Å²) in [6.45, 7) is 7.90.